The van der Waals surface area contributed by atoms with E-state index < -0.39 is 0 Å². The summed E-state index contributed by atoms with van der Waals surface area (Å²) in [7, 11) is 0. The number of aryl methyl sites for hydroxylation is 1. The number of hydrogen-bond acceptors (Lipinski definition) is 5. The Labute approximate surface area is 128 Å². The molecule has 0 spiro atoms. The minimum absolute atomic E-state index is 0.122. The Kier molecular flexibility index (Phi) is 3.07. The number of tetrazole rings is 1. The van der Waals surface area contributed by atoms with Crippen molar-refractivity contribution >= 4 is 5.95 Å². The highest BCUT2D eigenvalue weighted by Crippen LogP contribution is 2.36. The quantitative estimate of drug-likeness (QED) is 0.786. The van der Waals surface area contributed by atoms with Crippen molar-refractivity contribution in [2.24, 2.45) is 0 Å². The molecule has 0 fully saturated rings. The van der Waals surface area contributed by atoms with E-state index in [2.05, 4.69) is 63.1 Å². The first-order valence-electron chi connectivity index (χ1n) is 7.32. The molecule has 0 bridgehead atoms. The smallest absolute Gasteiger partial charge is 0.243 e. The second kappa shape index (κ2) is 5.22. The summed E-state index contributed by atoms with van der Waals surface area (Å²) in [6, 6.07) is 12.9. The second-order valence-electron chi connectivity index (χ2n) is 5.59. The van der Waals surface area contributed by atoms with Gasteiger partial charge in [0.05, 0.1) is 12.1 Å². The number of aromatic nitrogens is 5. The van der Waals surface area contributed by atoms with Gasteiger partial charge < -0.3 is 5.32 Å². The first kappa shape index (κ1) is 12.9. The molecule has 0 radical (unpaired) electrons. The molecule has 22 heavy (non-hydrogen) atoms. The summed E-state index contributed by atoms with van der Waals surface area (Å²) >= 11 is 0. The molecule has 6 nitrogen and oxygen atoms in total. The van der Waals surface area contributed by atoms with Crippen LogP contribution in [0.15, 0.2) is 48.8 Å². The van der Waals surface area contributed by atoms with Crippen LogP contribution in [0.5, 0.6) is 0 Å². The van der Waals surface area contributed by atoms with E-state index in [1.807, 2.05) is 16.9 Å². The van der Waals surface area contributed by atoms with Crippen LogP contribution in [0.2, 0.25) is 0 Å². The number of nitrogens with zero attached hydrogens (tertiary/aromatic N) is 5. The zero-order valence-electron chi connectivity index (χ0n) is 12.2. The van der Waals surface area contributed by atoms with Gasteiger partial charge in [0.25, 0.3) is 0 Å². The summed E-state index contributed by atoms with van der Waals surface area (Å²) in [4.78, 5) is 4.21. The highest BCUT2D eigenvalue weighted by atomic mass is 15.6. The molecule has 1 aliphatic rings. The lowest BCUT2D eigenvalue weighted by Crippen LogP contribution is -2.28. The number of rotatable bonds is 2. The van der Waals surface area contributed by atoms with Crippen molar-refractivity contribution in [3.05, 3.63) is 65.5 Å². The maximum Gasteiger partial charge on any atom is 0.243 e. The fraction of sp³-hybridized carbons (Fsp3) is 0.250. The van der Waals surface area contributed by atoms with E-state index in [0.29, 0.717) is 5.95 Å². The Morgan fingerprint density at radius 1 is 1.14 bits per heavy atom. The topological polar surface area (TPSA) is 68.5 Å². The maximum absolute atomic E-state index is 4.21. The fourth-order valence-corrected chi connectivity index (χ4v) is 2.90. The average Bonchev–Trinajstić information content (AvgIpc) is 3.04. The Morgan fingerprint density at radius 2 is 2.00 bits per heavy atom. The Morgan fingerprint density at radius 3 is 2.77 bits per heavy atom. The van der Waals surface area contributed by atoms with E-state index in [4.69, 9.17) is 0 Å². The molecule has 1 N–H and O–H groups in total. The predicted molar refractivity (Wildman–Crippen MR) is 82.4 cm³/mol. The van der Waals surface area contributed by atoms with Crippen LogP contribution in [-0.2, 0) is 0 Å². The number of fused-ring (bicyclic) bond motifs is 1. The van der Waals surface area contributed by atoms with Gasteiger partial charge in [-0.15, -0.1) is 0 Å². The van der Waals surface area contributed by atoms with Crippen LogP contribution in [0.1, 0.15) is 35.2 Å². The predicted octanol–water partition coefficient (Wildman–Crippen LogP) is 2.52. The number of benzene rings is 1. The molecule has 2 aromatic heterocycles. The molecule has 1 aromatic carbocycles. The molecule has 0 amide bonds. The molecule has 0 unspecified atom stereocenters. The van der Waals surface area contributed by atoms with Gasteiger partial charge in [0.15, 0.2) is 0 Å². The summed E-state index contributed by atoms with van der Waals surface area (Å²) in [5.41, 5.74) is 3.61. The van der Waals surface area contributed by atoms with E-state index in [-0.39, 0.29) is 12.1 Å². The molecule has 0 saturated heterocycles. The summed E-state index contributed by atoms with van der Waals surface area (Å²) in [6.07, 6.45) is 4.56. The summed E-state index contributed by atoms with van der Waals surface area (Å²) < 4.78 is 1.86. The van der Waals surface area contributed by atoms with Crippen LogP contribution < -0.4 is 5.32 Å². The van der Waals surface area contributed by atoms with Gasteiger partial charge >= 0.3 is 0 Å². The van der Waals surface area contributed by atoms with Gasteiger partial charge in [-0.1, -0.05) is 41.0 Å². The van der Waals surface area contributed by atoms with Gasteiger partial charge in [-0.25, -0.2) is 4.68 Å². The molecule has 2 atom stereocenters. The molecule has 0 aliphatic carbocycles. The Bertz CT molecular complexity index is 765. The number of anilines is 1. The SMILES string of the molecule is Cc1ccc([C@@H]2C[C@H](c3cccnc3)Nc3nnnn32)cc1. The number of hydrogen-bond donors (Lipinski definition) is 1. The van der Waals surface area contributed by atoms with Crippen molar-refractivity contribution < 1.29 is 0 Å². The number of nitrogens with one attached hydrogen (secondary N) is 1. The van der Waals surface area contributed by atoms with E-state index in [1.165, 1.54) is 11.1 Å². The van der Waals surface area contributed by atoms with E-state index in [0.717, 1.165) is 12.0 Å². The van der Waals surface area contributed by atoms with Crippen molar-refractivity contribution in [3.8, 4) is 0 Å². The highest BCUT2D eigenvalue weighted by molar-refractivity contribution is 5.37. The lowest BCUT2D eigenvalue weighted by atomic mass is 9.94. The first-order valence-corrected chi connectivity index (χ1v) is 7.32. The van der Waals surface area contributed by atoms with Crippen molar-refractivity contribution in [1.82, 2.24) is 25.2 Å². The van der Waals surface area contributed by atoms with Crippen molar-refractivity contribution in [3.63, 3.8) is 0 Å². The van der Waals surface area contributed by atoms with E-state index >= 15 is 0 Å². The maximum atomic E-state index is 4.21. The van der Waals surface area contributed by atoms with Crippen molar-refractivity contribution in [2.45, 2.75) is 25.4 Å². The van der Waals surface area contributed by atoms with Gasteiger partial charge in [-0.3, -0.25) is 4.98 Å². The van der Waals surface area contributed by atoms with Gasteiger partial charge in [-0.05, 0) is 41.0 Å². The zero-order valence-corrected chi connectivity index (χ0v) is 12.2. The first-order chi connectivity index (χ1) is 10.8. The molecular formula is C16H16N6. The molecule has 110 valence electrons. The Balaban J connectivity index is 1.73. The van der Waals surface area contributed by atoms with Gasteiger partial charge in [0.2, 0.25) is 5.95 Å². The second-order valence-corrected chi connectivity index (χ2v) is 5.59. The normalized spacial score (nSPS) is 20.2. The third kappa shape index (κ3) is 2.22. The minimum Gasteiger partial charge on any atom is -0.346 e. The Hall–Kier alpha value is -2.76. The van der Waals surface area contributed by atoms with Crippen LogP contribution in [0, 0.1) is 6.92 Å². The molecule has 6 heteroatoms. The van der Waals surface area contributed by atoms with Crippen LogP contribution in [0.3, 0.4) is 0 Å². The molecule has 1 aliphatic heterocycles. The number of pyridine rings is 1. The van der Waals surface area contributed by atoms with Gasteiger partial charge in [0, 0.05) is 12.4 Å². The third-order valence-electron chi connectivity index (χ3n) is 4.10. The van der Waals surface area contributed by atoms with Crippen LogP contribution in [-0.4, -0.2) is 25.2 Å². The van der Waals surface area contributed by atoms with Crippen molar-refractivity contribution in [1.29, 1.82) is 0 Å². The monoisotopic (exact) mass is 292 g/mol. The van der Waals surface area contributed by atoms with E-state index in [1.54, 1.807) is 6.20 Å². The van der Waals surface area contributed by atoms with Crippen molar-refractivity contribution in [2.75, 3.05) is 5.32 Å². The van der Waals surface area contributed by atoms with Gasteiger partial charge in [0.1, 0.15) is 0 Å². The third-order valence-corrected chi connectivity index (χ3v) is 4.10. The molecule has 0 saturated carbocycles. The lowest BCUT2D eigenvalue weighted by Gasteiger charge is -2.30. The van der Waals surface area contributed by atoms with Crippen LogP contribution >= 0.6 is 0 Å². The molecule has 3 heterocycles. The summed E-state index contributed by atoms with van der Waals surface area (Å²) in [6.45, 7) is 2.09. The largest absolute Gasteiger partial charge is 0.346 e. The van der Waals surface area contributed by atoms with E-state index in [9.17, 15) is 0 Å². The van der Waals surface area contributed by atoms with Crippen LogP contribution in [0.4, 0.5) is 5.95 Å². The highest BCUT2D eigenvalue weighted by Gasteiger charge is 2.30. The fourth-order valence-electron chi connectivity index (χ4n) is 2.90. The summed E-state index contributed by atoms with van der Waals surface area (Å²) in [5.74, 6) is 0.700. The molecule has 3 aromatic rings. The lowest BCUT2D eigenvalue weighted by molar-refractivity contribution is 0.423. The van der Waals surface area contributed by atoms with Crippen LogP contribution in [0.25, 0.3) is 0 Å². The average molecular weight is 292 g/mol. The molecular weight excluding hydrogens is 276 g/mol. The summed E-state index contributed by atoms with van der Waals surface area (Å²) in [5, 5.41) is 15.4. The standard InChI is InChI=1S/C16H16N6/c1-11-4-6-12(7-5-11)15-9-14(13-3-2-8-17-10-13)18-16-19-20-21-22(15)16/h2-8,10,14-15H,9H2,1H3,(H,18,19,21)/t14-,15+/m1/s1. The molecule has 4 rings (SSSR count). The van der Waals surface area contributed by atoms with Gasteiger partial charge in [-0.2, -0.15) is 0 Å². The zero-order chi connectivity index (χ0) is 14.9. The minimum atomic E-state index is 0.122.